The van der Waals surface area contributed by atoms with Crippen LogP contribution in [-0.4, -0.2) is 43.2 Å². The molecule has 3 rings (SSSR count). The zero-order chi connectivity index (χ0) is 12.4. The number of guanidine groups is 1. The van der Waals surface area contributed by atoms with Crippen molar-refractivity contribution < 1.29 is 4.74 Å². The van der Waals surface area contributed by atoms with E-state index in [2.05, 4.69) is 4.90 Å². The Kier molecular flexibility index (Phi) is 3.73. The minimum atomic E-state index is 0.524. The van der Waals surface area contributed by atoms with E-state index in [1.54, 1.807) is 0 Å². The van der Waals surface area contributed by atoms with Crippen LogP contribution in [0.3, 0.4) is 0 Å². The van der Waals surface area contributed by atoms with E-state index in [0.717, 1.165) is 44.1 Å². The minimum absolute atomic E-state index is 0.524. The van der Waals surface area contributed by atoms with E-state index in [-0.39, 0.29) is 0 Å². The standard InChI is InChI=1S/C14H25N3O/c15-14(17-6-8-18-9-7-17)16-13-10-12(13)11-4-2-1-3-5-11/h11-13H,1-10H2,(H2,15,16). The third kappa shape index (κ3) is 2.79. The lowest BCUT2D eigenvalue weighted by molar-refractivity contribution is 0.0674. The fourth-order valence-electron chi connectivity index (χ4n) is 3.46. The Bertz CT molecular complexity index is 306. The smallest absolute Gasteiger partial charge is 0.191 e. The Morgan fingerprint density at radius 3 is 2.56 bits per heavy atom. The molecule has 4 heteroatoms. The third-order valence-corrected chi connectivity index (χ3v) is 4.69. The van der Waals surface area contributed by atoms with E-state index in [1.165, 1.54) is 38.5 Å². The quantitative estimate of drug-likeness (QED) is 0.599. The maximum absolute atomic E-state index is 6.10. The first kappa shape index (κ1) is 12.3. The molecule has 0 amide bonds. The van der Waals surface area contributed by atoms with Crippen LogP contribution in [0.25, 0.3) is 0 Å². The monoisotopic (exact) mass is 251 g/mol. The number of nitrogens with two attached hydrogens (primary N) is 1. The van der Waals surface area contributed by atoms with Gasteiger partial charge in [-0.25, -0.2) is 4.99 Å². The van der Waals surface area contributed by atoms with Gasteiger partial charge in [0.05, 0.1) is 19.3 Å². The molecule has 2 aliphatic carbocycles. The van der Waals surface area contributed by atoms with Crippen molar-refractivity contribution in [3.63, 3.8) is 0 Å². The lowest BCUT2D eigenvalue weighted by Crippen LogP contribution is -2.45. The number of ether oxygens (including phenoxy) is 1. The highest BCUT2D eigenvalue weighted by Gasteiger charge is 2.43. The normalized spacial score (nSPS) is 34.7. The maximum atomic E-state index is 6.10. The van der Waals surface area contributed by atoms with E-state index < -0.39 is 0 Å². The molecule has 0 aromatic rings. The van der Waals surface area contributed by atoms with Crippen molar-refractivity contribution in [1.82, 2.24) is 4.90 Å². The summed E-state index contributed by atoms with van der Waals surface area (Å²) in [6.07, 6.45) is 8.41. The molecule has 0 spiro atoms. The van der Waals surface area contributed by atoms with Gasteiger partial charge in [-0.3, -0.25) is 0 Å². The van der Waals surface area contributed by atoms with E-state index in [9.17, 15) is 0 Å². The van der Waals surface area contributed by atoms with E-state index in [1.807, 2.05) is 0 Å². The number of nitrogens with zero attached hydrogens (tertiary/aromatic N) is 2. The molecule has 1 aliphatic heterocycles. The second kappa shape index (κ2) is 5.47. The lowest BCUT2D eigenvalue weighted by atomic mass is 9.85. The van der Waals surface area contributed by atoms with Crippen molar-refractivity contribution in [1.29, 1.82) is 0 Å². The van der Waals surface area contributed by atoms with Gasteiger partial charge in [0.2, 0.25) is 0 Å². The van der Waals surface area contributed by atoms with Gasteiger partial charge in [-0.15, -0.1) is 0 Å². The first-order chi connectivity index (χ1) is 8.84. The number of hydrogen-bond donors (Lipinski definition) is 1. The average Bonchev–Trinajstić information content (AvgIpc) is 3.20. The van der Waals surface area contributed by atoms with Gasteiger partial charge in [-0.05, 0) is 18.3 Å². The van der Waals surface area contributed by atoms with E-state index >= 15 is 0 Å². The molecule has 0 aromatic carbocycles. The second-order valence-electron chi connectivity index (χ2n) is 5.95. The van der Waals surface area contributed by atoms with Crippen molar-refractivity contribution in [3.8, 4) is 0 Å². The highest BCUT2D eigenvalue weighted by Crippen LogP contribution is 2.46. The van der Waals surface area contributed by atoms with Gasteiger partial charge in [-0.1, -0.05) is 32.1 Å². The summed E-state index contributed by atoms with van der Waals surface area (Å²) in [5, 5.41) is 0. The van der Waals surface area contributed by atoms with Crippen LogP contribution >= 0.6 is 0 Å². The fourth-order valence-corrected chi connectivity index (χ4v) is 3.46. The molecule has 18 heavy (non-hydrogen) atoms. The van der Waals surface area contributed by atoms with Gasteiger partial charge in [0.25, 0.3) is 0 Å². The molecular formula is C14H25N3O. The van der Waals surface area contributed by atoms with Gasteiger partial charge in [0, 0.05) is 13.1 Å². The Morgan fingerprint density at radius 2 is 1.83 bits per heavy atom. The fraction of sp³-hybridized carbons (Fsp3) is 0.929. The summed E-state index contributed by atoms with van der Waals surface area (Å²) in [6.45, 7) is 3.37. The largest absolute Gasteiger partial charge is 0.378 e. The first-order valence-electron chi connectivity index (χ1n) is 7.50. The molecule has 2 atom stereocenters. The molecule has 0 bridgehead atoms. The van der Waals surface area contributed by atoms with E-state index in [0.29, 0.717) is 6.04 Å². The van der Waals surface area contributed by atoms with Gasteiger partial charge in [0.1, 0.15) is 0 Å². The van der Waals surface area contributed by atoms with Gasteiger partial charge < -0.3 is 15.4 Å². The molecule has 102 valence electrons. The van der Waals surface area contributed by atoms with Crippen LogP contribution in [0, 0.1) is 11.8 Å². The number of aliphatic imine (C=N–C) groups is 1. The molecule has 1 saturated heterocycles. The molecule has 0 radical (unpaired) electrons. The minimum Gasteiger partial charge on any atom is -0.378 e. The van der Waals surface area contributed by atoms with Crippen molar-refractivity contribution >= 4 is 5.96 Å². The molecule has 3 fully saturated rings. The van der Waals surface area contributed by atoms with Crippen molar-refractivity contribution in [2.45, 2.75) is 44.6 Å². The van der Waals surface area contributed by atoms with Crippen LogP contribution in [0.4, 0.5) is 0 Å². The summed E-state index contributed by atoms with van der Waals surface area (Å²) >= 11 is 0. The maximum Gasteiger partial charge on any atom is 0.191 e. The van der Waals surface area contributed by atoms with Gasteiger partial charge in [0.15, 0.2) is 5.96 Å². The summed E-state index contributed by atoms with van der Waals surface area (Å²) in [7, 11) is 0. The molecule has 4 nitrogen and oxygen atoms in total. The number of hydrogen-bond acceptors (Lipinski definition) is 2. The molecule has 3 aliphatic rings. The predicted molar refractivity (Wildman–Crippen MR) is 72.5 cm³/mol. The lowest BCUT2D eigenvalue weighted by Gasteiger charge is -2.27. The summed E-state index contributed by atoms with van der Waals surface area (Å²) in [4.78, 5) is 6.90. The molecule has 1 heterocycles. The number of morpholine rings is 1. The molecule has 2 saturated carbocycles. The van der Waals surface area contributed by atoms with Crippen LogP contribution in [-0.2, 0) is 4.74 Å². The Labute approximate surface area is 110 Å². The Balaban J connectivity index is 1.50. The Morgan fingerprint density at radius 1 is 1.11 bits per heavy atom. The molecule has 2 N–H and O–H groups in total. The first-order valence-corrected chi connectivity index (χ1v) is 7.50. The topological polar surface area (TPSA) is 50.8 Å². The van der Waals surface area contributed by atoms with Crippen molar-refractivity contribution in [2.24, 2.45) is 22.6 Å². The summed E-state index contributed by atoms with van der Waals surface area (Å²) in [5.41, 5.74) is 6.10. The summed E-state index contributed by atoms with van der Waals surface area (Å²) in [5.74, 6) is 2.52. The van der Waals surface area contributed by atoms with Crippen molar-refractivity contribution in [2.75, 3.05) is 26.3 Å². The number of rotatable bonds is 2. The molecule has 2 unspecified atom stereocenters. The van der Waals surface area contributed by atoms with E-state index in [4.69, 9.17) is 15.5 Å². The highest BCUT2D eigenvalue weighted by atomic mass is 16.5. The van der Waals surface area contributed by atoms with Crippen LogP contribution in [0.1, 0.15) is 38.5 Å². The molecule has 0 aromatic heterocycles. The highest BCUT2D eigenvalue weighted by molar-refractivity contribution is 5.78. The van der Waals surface area contributed by atoms with Crippen molar-refractivity contribution in [3.05, 3.63) is 0 Å². The van der Waals surface area contributed by atoms with Gasteiger partial charge >= 0.3 is 0 Å². The average molecular weight is 251 g/mol. The van der Waals surface area contributed by atoms with Gasteiger partial charge in [-0.2, -0.15) is 0 Å². The molecular weight excluding hydrogens is 226 g/mol. The predicted octanol–water partition coefficient (Wildman–Crippen LogP) is 1.60. The van der Waals surface area contributed by atoms with Crippen LogP contribution in [0.2, 0.25) is 0 Å². The third-order valence-electron chi connectivity index (χ3n) is 4.69. The van der Waals surface area contributed by atoms with Crippen LogP contribution in [0.5, 0.6) is 0 Å². The summed E-state index contributed by atoms with van der Waals surface area (Å²) in [6, 6.07) is 0.524. The van der Waals surface area contributed by atoms with Crippen LogP contribution < -0.4 is 5.73 Å². The summed E-state index contributed by atoms with van der Waals surface area (Å²) < 4.78 is 5.33. The second-order valence-corrected chi connectivity index (χ2v) is 5.95. The zero-order valence-corrected chi connectivity index (χ0v) is 11.2. The zero-order valence-electron chi connectivity index (χ0n) is 11.2. The van der Waals surface area contributed by atoms with Crippen LogP contribution in [0.15, 0.2) is 4.99 Å². The Hall–Kier alpha value is -0.770. The SMILES string of the molecule is NC(=NC1CC1C1CCCCC1)N1CCOCC1.